The molecule has 10 nitrogen and oxygen atoms in total. The minimum atomic E-state index is -4.61. The summed E-state index contributed by atoms with van der Waals surface area (Å²) in [5.41, 5.74) is 0. The van der Waals surface area contributed by atoms with E-state index in [0.29, 0.717) is 12.8 Å². The van der Waals surface area contributed by atoms with Gasteiger partial charge in [0, 0.05) is 12.8 Å². The molecule has 0 aliphatic carbocycles. The van der Waals surface area contributed by atoms with E-state index < -0.39 is 51.8 Å². The first-order valence-electron chi connectivity index (χ1n) is 16.6. The van der Waals surface area contributed by atoms with Crippen LogP contribution < -0.4 is 0 Å². The van der Waals surface area contributed by atoms with Crippen molar-refractivity contribution in [1.29, 1.82) is 0 Å². The second kappa shape index (κ2) is 30.6. The summed E-state index contributed by atoms with van der Waals surface area (Å²) in [6.45, 7) is 2.12. The highest BCUT2D eigenvalue weighted by atomic mass is 31.2. The van der Waals surface area contributed by atoms with Gasteiger partial charge < -0.3 is 24.6 Å². The summed E-state index contributed by atoms with van der Waals surface area (Å²) in [5.74, 6) is -0.988. The Balaban J connectivity index is 4.51. The molecule has 0 saturated carbocycles. The van der Waals surface area contributed by atoms with Crippen LogP contribution >= 0.6 is 7.82 Å². The fourth-order valence-corrected chi connectivity index (χ4v) is 4.71. The summed E-state index contributed by atoms with van der Waals surface area (Å²) in [6, 6.07) is 0. The van der Waals surface area contributed by atoms with Gasteiger partial charge in [-0.2, -0.15) is 0 Å². The average molecular weight is 659 g/mol. The molecule has 3 atom stereocenters. The minimum absolute atomic E-state index is 0.131. The zero-order chi connectivity index (χ0) is 33.4. The van der Waals surface area contributed by atoms with Crippen LogP contribution in [0.5, 0.6) is 0 Å². The maximum atomic E-state index is 12.5. The van der Waals surface area contributed by atoms with Gasteiger partial charge in [0.05, 0.1) is 19.8 Å². The number of ether oxygens (including phenoxy) is 2. The van der Waals surface area contributed by atoms with E-state index in [1.165, 1.54) is 19.3 Å². The zero-order valence-corrected chi connectivity index (χ0v) is 28.5. The molecule has 0 aliphatic rings. The van der Waals surface area contributed by atoms with Gasteiger partial charge in [-0.1, -0.05) is 101 Å². The number of allylic oxidation sites excluding steroid dienone is 8. The number of phosphoric acid groups is 1. The van der Waals surface area contributed by atoms with Crippen molar-refractivity contribution in [2.24, 2.45) is 0 Å². The molecule has 260 valence electrons. The molecule has 0 aliphatic heterocycles. The Bertz CT molecular complexity index is 899. The predicted molar refractivity (Wildman–Crippen MR) is 177 cm³/mol. The fourth-order valence-electron chi connectivity index (χ4n) is 3.92. The van der Waals surface area contributed by atoms with Gasteiger partial charge in [-0.25, -0.2) is 4.57 Å². The number of unbranched alkanes of at least 4 members (excludes halogenated alkanes) is 8. The molecule has 0 amide bonds. The van der Waals surface area contributed by atoms with Crippen molar-refractivity contribution >= 4 is 19.8 Å². The topological polar surface area (TPSA) is 149 Å². The van der Waals surface area contributed by atoms with Crippen LogP contribution in [0.1, 0.15) is 117 Å². The lowest BCUT2D eigenvalue weighted by molar-refractivity contribution is -0.161. The van der Waals surface area contributed by atoms with Crippen LogP contribution in [0.3, 0.4) is 0 Å². The third-order valence-electron chi connectivity index (χ3n) is 6.50. The normalized spacial score (nSPS) is 14.9. The smallest absolute Gasteiger partial charge is 0.462 e. The molecular weight excluding hydrogens is 599 g/mol. The van der Waals surface area contributed by atoms with Crippen LogP contribution in [-0.4, -0.2) is 65.7 Å². The summed E-state index contributed by atoms with van der Waals surface area (Å²) in [5, 5.41) is 18.2. The van der Waals surface area contributed by atoms with Gasteiger partial charge >= 0.3 is 19.8 Å². The standard InChI is InChI=1S/C34H59O10P/c1-3-5-7-9-11-12-13-14-15-16-17-18-20-22-24-26-34(38)44-32(30-43-45(39,40)42-28-31(36)27-35)29-41-33(37)25-23-21-19-10-8-6-4-2/h5,7,11-12,14-15,17-18,31-32,35-36H,3-4,6,8-10,13,16,19-30H2,1-2H3,(H,39,40)/b7-5+,12-11+,15-14+,18-17+/t31-,32+/m0/s1. The SMILES string of the molecule is CC/C=C/C/C=C/C/C=C/C/C=C/CCCCC(=O)O[C@H](COC(=O)CCCCCCCCC)COP(=O)(O)OC[C@@H](O)CO. The highest BCUT2D eigenvalue weighted by Gasteiger charge is 2.27. The molecule has 3 N–H and O–H groups in total. The van der Waals surface area contributed by atoms with Crippen molar-refractivity contribution in [2.45, 2.75) is 129 Å². The van der Waals surface area contributed by atoms with E-state index in [4.69, 9.17) is 19.1 Å². The van der Waals surface area contributed by atoms with Crippen molar-refractivity contribution in [2.75, 3.05) is 26.4 Å². The van der Waals surface area contributed by atoms with E-state index in [0.717, 1.165) is 57.8 Å². The van der Waals surface area contributed by atoms with Gasteiger partial charge in [-0.15, -0.1) is 0 Å². The third-order valence-corrected chi connectivity index (χ3v) is 7.45. The number of aliphatic hydroxyl groups is 2. The van der Waals surface area contributed by atoms with Crippen molar-refractivity contribution in [3.8, 4) is 0 Å². The van der Waals surface area contributed by atoms with Gasteiger partial charge in [0.2, 0.25) is 0 Å². The molecule has 0 radical (unpaired) electrons. The number of phosphoric ester groups is 1. The highest BCUT2D eigenvalue weighted by Crippen LogP contribution is 2.43. The monoisotopic (exact) mass is 658 g/mol. The first kappa shape index (κ1) is 42.9. The first-order valence-corrected chi connectivity index (χ1v) is 18.1. The molecule has 45 heavy (non-hydrogen) atoms. The van der Waals surface area contributed by atoms with Gasteiger partial charge in [-0.3, -0.25) is 18.6 Å². The second-order valence-electron chi connectivity index (χ2n) is 10.8. The highest BCUT2D eigenvalue weighted by molar-refractivity contribution is 7.47. The Hall–Kier alpha value is -2.07. The molecule has 0 rings (SSSR count). The molecular formula is C34H59O10P. The first-order chi connectivity index (χ1) is 21.7. The lowest BCUT2D eigenvalue weighted by Crippen LogP contribution is -2.29. The van der Waals surface area contributed by atoms with Gasteiger partial charge in [0.25, 0.3) is 0 Å². The number of aliphatic hydroxyl groups excluding tert-OH is 2. The van der Waals surface area contributed by atoms with E-state index in [9.17, 15) is 24.2 Å². The molecule has 0 aromatic heterocycles. The largest absolute Gasteiger partial charge is 0.472 e. The molecule has 0 aromatic rings. The Morgan fingerprint density at radius 3 is 1.84 bits per heavy atom. The van der Waals surface area contributed by atoms with Crippen molar-refractivity contribution < 1.29 is 47.8 Å². The number of hydrogen-bond acceptors (Lipinski definition) is 9. The Labute approximate surface area is 271 Å². The minimum Gasteiger partial charge on any atom is -0.462 e. The number of carbonyl (C=O) groups is 2. The van der Waals surface area contributed by atoms with Crippen LogP contribution in [0, 0.1) is 0 Å². The van der Waals surface area contributed by atoms with Crippen molar-refractivity contribution in [3.05, 3.63) is 48.6 Å². The second-order valence-corrected chi connectivity index (χ2v) is 12.3. The average Bonchev–Trinajstić information content (AvgIpc) is 3.02. The van der Waals surface area contributed by atoms with Gasteiger partial charge in [0.1, 0.15) is 12.7 Å². The predicted octanol–water partition coefficient (Wildman–Crippen LogP) is 7.43. The number of rotatable bonds is 30. The fraction of sp³-hybridized carbons (Fsp3) is 0.706. The van der Waals surface area contributed by atoms with E-state index in [1.807, 2.05) is 0 Å². The molecule has 0 saturated heterocycles. The molecule has 0 aromatic carbocycles. The van der Waals surface area contributed by atoms with Crippen molar-refractivity contribution in [1.82, 2.24) is 0 Å². The summed E-state index contributed by atoms with van der Waals surface area (Å²) in [4.78, 5) is 34.5. The number of esters is 2. The van der Waals surface area contributed by atoms with Crippen molar-refractivity contribution in [3.63, 3.8) is 0 Å². The quantitative estimate of drug-likeness (QED) is 0.0308. The molecule has 0 fully saturated rings. The van der Waals surface area contributed by atoms with Crippen LogP contribution in [0.2, 0.25) is 0 Å². The summed E-state index contributed by atoms with van der Waals surface area (Å²) < 4.78 is 32.3. The maximum Gasteiger partial charge on any atom is 0.472 e. The van der Waals surface area contributed by atoms with E-state index in [2.05, 4.69) is 67.0 Å². The lowest BCUT2D eigenvalue weighted by Gasteiger charge is -2.20. The third kappa shape index (κ3) is 30.4. The Morgan fingerprint density at radius 2 is 1.22 bits per heavy atom. The lowest BCUT2D eigenvalue weighted by atomic mass is 10.1. The van der Waals surface area contributed by atoms with Crippen LogP contribution in [0.15, 0.2) is 48.6 Å². The van der Waals surface area contributed by atoms with Gasteiger partial charge in [-0.05, 0) is 51.4 Å². The number of hydrogen-bond donors (Lipinski definition) is 3. The van der Waals surface area contributed by atoms with E-state index in [-0.39, 0.29) is 19.4 Å². The van der Waals surface area contributed by atoms with E-state index >= 15 is 0 Å². The molecule has 0 spiro atoms. The van der Waals surface area contributed by atoms with E-state index in [1.54, 1.807) is 0 Å². The molecule has 0 bridgehead atoms. The summed E-state index contributed by atoms with van der Waals surface area (Å²) in [6.07, 6.45) is 28.3. The zero-order valence-electron chi connectivity index (χ0n) is 27.6. The van der Waals surface area contributed by atoms with Crippen LogP contribution in [-0.2, 0) is 32.7 Å². The molecule has 0 heterocycles. The molecule has 1 unspecified atom stereocenters. The number of carbonyl (C=O) groups excluding carboxylic acids is 2. The maximum absolute atomic E-state index is 12.5. The summed E-state index contributed by atoms with van der Waals surface area (Å²) >= 11 is 0. The van der Waals surface area contributed by atoms with Crippen LogP contribution in [0.25, 0.3) is 0 Å². The van der Waals surface area contributed by atoms with Crippen LogP contribution in [0.4, 0.5) is 0 Å². The molecule has 11 heteroatoms. The Kier molecular flexibility index (Phi) is 29.2. The Morgan fingerprint density at radius 1 is 0.689 bits per heavy atom. The van der Waals surface area contributed by atoms with Gasteiger partial charge in [0.15, 0.2) is 6.10 Å². The summed E-state index contributed by atoms with van der Waals surface area (Å²) in [7, 11) is -4.61.